The number of aryl methyl sites for hydroxylation is 1. The first-order valence-electron chi connectivity index (χ1n) is 7.08. The average Bonchev–Trinajstić information content (AvgIpc) is 2.88. The Morgan fingerprint density at radius 1 is 1.38 bits per heavy atom. The maximum Gasteiger partial charge on any atom is 0.210 e. The molecule has 0 radical (unpaired) electrons. The van der Waals surface area contributed by atoms with Crippen LogP contribution >= 0.6 is 0 Å². The van der Waals surface area contributed by atoms with Gasteiger partial charge in [0.1, 0.15) is 11.5 Å². The molecule has 1 aliphatic heterocycles. The predicted molar refractivity (Wildman–Crippen MR) is 74.5 cm³/mol. The van der Waals surface area contributed by atoms with Crippen molar-refractivity contribution >= 4 is 0 Å². The van der Waals surface area contributed by atoms with Gasteiger partial charge in [0.15, 0.2) is 6.29 Å². The topological polar surface area (TPSA) is 77.6 Å². The Labute approximate surface area is 122 Å². The fourth-order valence-electron chi connectivity index (χ4n) is 2.33. The zero-order chi connectivity index (χ0) is 14.7. The van der Waals surface area contributed by atoms with E-state index in [0.29, 0.717) is 18.1 Å². The van der Waals surface area contributed by atoms with Gasteiger partial charge < -0.3 is 19.1 Å². The summed E-state index contributed by atoms with van der Waals surface area (Å²) < 4.78 is 16.6. The largest absolute Gasteiger partial charge is 0.493 e. The van der Waals surface area contributed by atoms with Crippen molar-refractivity contribution in [1.29, 1.82) is 0 Å². The second-order valence-corrected chi connectivity index (χ2v) is 5.08. The SMILES string of the molecule is Cc1onc(-c2ccc(O)nc2)c1COC1CCCCO1. The Morgan fingerprint density at radius 3 is 3.00 bits per heavy atom. The highest BCUT2D eigenvalue weighted by molar-refractivity contribution is 5.62. The summed E-state index contributed by atoms with van der Waals surface area (Å²) in [4.78, 5) is 3.86. The van der Waals surface area contributed by atoms with Crippen molar-refractivity contribution in [3.05, 3.63) is 29.7 Å². The fraction of sp³-hybridized carbons (Fsp3) is 0.467. The fourth-order valence-corrected chi connectivity index (χ4v) is 2.33. The third-order valence-electron chi connectivity index (χ3n) is 3.56. The van der Waals surface area contributed by atoms with E-state index in [1.807, 2.05) is 6.92 Å². The molecule has 21 heavy (non-hydrogen) atoms. The molecule has 6 heteroatoms. The molecule has 2 aromatic heterocycles. The lowest BCUT2D eigenvalue weighted by Gasteiger charge is -2.22. The van der Waals surface area contributed by atoms with Crippen LogP contribution in [0.2, 0.25) is 0 Å². The first kappa shape index (κ1) is 14.0. The molecule has 1 aliphatic rings. The van der Waals surface area contributed by atoms with Crippen molar-refractivity contribution in [1.82, 2.24) is 10.1 Å². The zero-order valence-corrected chi connectivity index (χ0v) is 11.9. The van der Waals surface area contributed by atoms with E-state index < -0.39 is 0 Å². The molecule has 1 fully saturated rings. The van der Waals surface area contributed by atoms with E-state index in [1.54, 1.807) is 12.3 Å². The summed E-state index contributed by atoms with van der Waals surface area (Å²) in [6.07, 6.45) is 4.55. The lowest BCUT2D eigenvalue weighted by atomic mass is 10.1. The van der Waals surface area contributed by atoms with Gasteiger partial charge in [-0.05, 0) is 32.3 Å². The van der Waals surface area contributed by atoms with Gasteiger partial charge in [0, 0.05) is 30.0 Å². The molecular formula is C15H18N2O4. The number of rotatable bonds is 4. The van der Waals surface area contributed by atoms with E-state index in [9.17, 15) is 5.11 Å². The third-order valence-corrected chi connectivity index (χ3v) is 3.56. The zero-order valence-electron chi connectivity index (χ0n) is 11.9. The summed E-state index contributed by atoms with van der Waals surface area (Å²) in [7, 11) is 0. The van der Waals surface area contributed by atoms with Crippen molar-refractivity contribution in [2.75, 3.05) is 6.61 Å². The van der Waals surface area contributed by atoms with E-state index in [-0.39, 0.29) is 12.2 Å². The second-order valence-electron chi connectivity index (χ2n) is 5.08. The Balaban J connectivity index is 1.75. The summed E-state index contributed by atoms with van der Waals surface area (Å²) in [5.41, 5.74) is 2.36. The molecule has 1 saturated heterocycles. The monoisotopic (exact) mass is 290 g/mol. The number of hydrogen-bond acceptors (Lipinski definition) is 6. The summed E-state index contributed by atoms with van der Waals surface area (Å²) in [6.45, 7) is 2.99. The van der Waals surface area contributed by atoms with Crippen LogP contribution in [0.15, 0.2) is 22.9 Å². The minimum atomic E-state index is -0.154. The maximum atomic E-state index is 9.26. The Morgan fingerprint density at radius 2 is 2.29 bits per heavy atom. The normalized spacial score (nSPS) is 18.8. The molecule has 1 atom stereocenters. The van der Waals surface area contributed by atoms with Gasteiger partial charge in [0.2, 0.25) is 5.88 Å². The second kappa shape index (κ2) is 6.24. The molecule has 0 aliphatic carbocycles. The number of aromatic hydroxyl groups is 1. The Kier molecular flexibility index (Phi) is 4.17. The minimum Gasteiger partial charge on any atom is -0.493 e. The molecule has 112 valence electrons. The molecule has 1 N–H and O–H groups in total. The lowest BCUT2D eigenvalue weighted by Crippen LogP contribution is -2.22. The highest BCUT2D eigenvalue weighted by Crippen LogP contribution is 2.27. The van der Waals surface area contributed by atoms with E-state index in [0.717, 1.165) is 37.0 Å². The van der Waals surface area contributed by atoms with Crippen LogP contribution in [0.25, 0.3) is 11.3 Å². The quantitative estimate of drug-likeness (QED) is 0.933. The summed E-state index contributed by atoms with van der Waals surface area (Å²) in [5.74, 6) is 0.696. The molecular weight excluding hydrogens is 272 g/mol. The number of pyridine rings is 1. The van der Waals surface area contributed by atoms with Gasteiger partial charge >= 0.3 is 0 Å². The molecule has 0 amide bonds. The number of nitrogens with zero attached hydrogens (tertiary/aromatic N) is 2. The molecule has 0 saturated carbocycles. The lowest BCUT2D eigenvalue weighted by molar-refractivity contribution is -0.169. The van der Waals surface area contributed by atoms with Crippen LogP contribution in [-0.4, -0.2) is 28.1 Å². The van der Waals surface area contributed by atoms with Crippen LogP contribution in [0, 0.1) is 6.92 Å². The molecule has 1 unspecified atom stereocenters. The molecule has 2 aromatic rings. The Hall–Kier alpha value is -1.92. The standard InChI is InChI=1S/C15H18N2O4/c1-10-12(9-20-14-4-2-3-7-19-14)15(17-21-10)11-5-6-13(18)16-8-11/h5-6,8,14H,2-4,7,9H2,1H3,(H,16,18). The van der Waals surface area contributed by atoms with Gasteiger partial charge in [-0.25, -0.2) is 4.98 Å². The van der Waals surface area contributed by atoms with Gasteiger partial charge in [-0.2, -0.15) is 0 Å². The highest BCUT2D eigenvalue weighted by Gasteiger charge is 2.19. The van der Waals surface area contributed by atoms with E-state index in [4.69, 9.17) is 14.0 Å². The van der Waals surface area contributed by atoms with Crippen molar-refractivity contribution in [3.63, 3.8) is 0 Å². The van der Waals surface area contributed by atoms with Crippen molar-refractivity contribution in [3.8, 4) is 17.1 Å². The summed E-state index contributed by atoms with van der Waals surface area (Å²) in [5, 5.41) is 13.3. The molecule has 3 heterocycles. The van der Waals surface area contributed by atoms with Crippen LogP contribution in [0.1, 0.15) is 30.6 Å². The van der Waals surface area contributed by atoms with Crippen molar-refractivity contribution in [2.24, 2.45) is 0 Å². The molecule has 0 spiro atoms. The predicted octanol–water partition coefficient (Wildman–Crippen LogP) is 2.79. The van der Waals surface area contributed by atoms with Gasteiger partial charge in [0.05, 0.1) is 6.61 Å². The van der Waals surface area contributed by atoms with Crippen molar-refractivity contribution in [2.45, 2.75) is 39.1 Å². The van der Waals surface area contributed by atoms with Crippen molar-refractivity contribution < 1.29 is 19.1 Å². The van der Waals surface area contributed by atoms with E-state index in [1.165, 1.54) is 6.07 Å². The maximum absolute atomic E-state index is 9.26. The molecule has 0 bridgehead atoms. The van der Waals surface area contributed by atoms with Crippen LogP contribution in [0.5, 0.6) is 5.88 Å². The highest BCUT2D eigenvalue weighted by atomic mass is 16.7. The minimum absolute atomic E-state index is 0.0210. The van der Waals surface area contributed by atoms with E-state index in [2.05, 4.69) is 10.1 Å². The Bertz CT molecular complexity index is 588. The van der Waals surface area contributed by atoms with E-state index >= 15 is 0 Å². The molecule has 3 rings (SSSR count). The van der Waals surface area contributed by atoms with Gasteiger partial charge in [-0.3, -0.25) is 0 Å². The van der Waals surface area contributed by atoms with Crippen LogP contribution in [0.3, 0.4) is 0 Å². The van der Waals surface area contributed by atoms with Crippen LogP contribution in [-0.2, 0) is 16.1 Å². The van der Waals surface area contributed by atoms with Crippen LogP contribution < -0.4 is 0 Å². The molecule has 6 nitrogen and oxygen atoms in total. The molecule has 0 aromatic carbocycles. The third kappa shape index (κ3) is 3.22. The average molecular weight is 290 g/mol. The number of ether oxygens (including phenoxy) is 2. The first-order chi connectivity index (χ1) is 10.2. The van der Waals surface area contributed by atoms with Gasteiger partial charge in [-0.1, -0.05) is 5.16 Å². The smallest absolute Gasteiger partial charge is 0.210 e. The summed E-state index contributed by atoms with van der Waals surface area (Å²) in [6, 6.07) is 3.27. The number of hydrogen-bond donors (Lipinski definition) is 1. The number of aromatic nitrogens is 2. The van der Waals surface area contributed by atoms with Gasteiger partial charge in [0.25, 0.3) is 0 Å². The first-order valence-corrected chi connectivity index (χ1v) is 7.08. The summed E-state index contributed by atoms with van der Waals surface area (Å²) >= 11 is 0. The van der Waals surface area contributed by atoms with Gasteiger partial charge in [-0.15, -0.1) is 0 Å². The van der Waals surface area contributed by atoms with Crippen LogP contribution in [0.4, 0.5) is 0 Å².